The first-order valence-electron chi connectivity index (χ1n) is 13.3. The summed E-state index contributed by atoms with van der Waals surface area (Å²) in [7, 11) is 0. The molecule has 4 nitrogen and oxygen atoms in total. The van der Waals surface area contributed by atoms with Crippen molar-refractivity contribution in [2.45, 2.75) is 97.9 Å². The fraction of sp³-hybridized carbons (Fsp3) is 0.548. The summed E-state index contributed by atoms with van der Waals surface area (Å²) >= 11 is 0. The van der Waals surface area contributed by atoms with Crippen molar-refractivity contribution in [2.24, 2.45) is 21.8 Å². The van der Waals surface area contributed by atoms with E-state index >= 15 is 0 Å². The molecule has 188 valence electrons. The monoisotopic (exact) mass is 474 g/mol. The van der Waals surface area contributed by atoms with Gasteiger partial charge in [-0.25, -0.2) is 9.98 Å². The molecule has 4 atom stereocenters. The van der Waals surface area contributed by atoms with Crippen LogP contribution in [-0.4, -0.2) is 24.0 Å². The van der Waals surface area contributed by atoms with Gasteiger partial charge in [-0.2, -0.15) is 0 Å². The number of benzene rings is 2. The Bertz CT molecular complexity index is 997. The number of aliphatic imine (C=N–C) groups is 2. The summed E-state index contributed by atoms with van der Waals surface area (Å²) in [6, 6.07) is 17.6. The Balaban J connectivity index is 1.59. The van der Waals surface area contributed by atoms with Gasteiger partial charge in [-0.15, -0.1) is 0 Å². The molecule has 0 radical (unpaired) electrons. The summed E-state index contributed by atoms with van der Waals surface area (Å²) in [6.07, 6.45) is 0.551. The van der Waals surface area contributed by atoms with Gasteiger partial charge >= 0.3 is 0 Å². The van der Waals surface area contributed by atoms with Crippen molar-refractivity contribution in [1.29, 1.82) is 0 Å². The van der Waals surface area contributed by atoms with Crippen LogP contribution in [0.3, 0.4) is 0 Å². The van der Waals surface area contributed by atoms with Crippen LogP contribution in [0.25, 0.3) is 0 Å². The first-order chi connectivity index (χ1) is 16.6. The standard InChI is InChI=1S/C31H42N2O2/c1-18(2)22-11-9-13-24(15-22)28-30(20(5)6)34-26(32-28)17-27-33-29(31(35-27)21(7)8)25-14-10-12-23(16-25)19(3)4/h9-16,18-21,28-31H,17H2,1-8H3/t28-,29-,30?,31?/m1/s1. The minimum Gasteiger partial charge on any atom is -0.474 e. The predicted molar refractivity (Wildman–Crippen MR) is 145 cm³/mol. The zero-order chi connectivity index (χ0) is 25.3. The molecule has 2 aromatic carbocycles. The van der Waals surface area contributed by atoms with E-state index in [-0.39, 0.29) is 24.3 Å². The normalized spacial score (nSPS) is 24.2. The van der Waals surface area contributed by atoms with Crippen LogP contribution in [0.5, 0.6) is 0 Å². The number of rotatable bonds is 8. The Hall–Kier alpha value is -2.62. The van der Waals surface area contributed by atoms with E-state index in [1.54, 1.807) is 0 Å². The van der Waals surface area contributed by atoms with Gasteiger partial charge in [0.05, 0.1) is 6.42 Å². The second-order valence-electron chi connectivity index (χ2n) is 11.4. The smallest absolute Gasteiger partial charge is 0.193 e. The summed E-state index contributed by atoms with van der Waals surface area (Å²) < 4.78 is 12.9. The van der Waals surface area contributed by atoms with E-state index in [0.717, 1.165) is 11.8 Å². The molecule has 0 fully saturated rings. The van der Waals surface area contributed by atoms with Gasteiger partial charge in [0.2, 0.25) is 0 Å². The third kappa shape index (κ3) is 5.63. The lowest BCUT2D eigenvalue weighted by Crippen LogP contribution is -2.25. The molecule has 0 spiro atoms. The molecule has 0 saturated carbocycles. The lowest BCUT2D eigenvalue weighted by molar-refractivity contribution is 0.130. The van der Waals surface area contributed by atoms with E-state index in [2.05, 4.69) is 104 Å². The second-order valence-corrected chi connectivity index (χ2v) is 11.4. The average molecular weight is 475 g/mol. The molecular formula is C31H42N2O2. The maximum atomic E-state index is 6.43. The topological polar surface area (TPSA) is 43.2 Å². The van der Waals surface area contributed by atoms with Gasteiger partial charge in [0, 0.05) is 0 Å². The molecule has 0 aliphatic carbocycles. The molecule has 2 aliphatic heterocycles. The van der Waals surface area contributed by atoms with Gasteiger partial charge in [-0.3, -0.25) is 0 Å². The Morgan fingerprint density at radius 3 is 1.37 bits per heavy atom. The SMILES string of the molecule is CC(C)c1cccc([C@H]2N=C(CC3=N[C@H](c4cccc(C(C)C)c4)C(C(C)C)O3)OC2C(C)C)c1. The summed E-state index contributed by atoms with van der Waals surface area (Å²) in [5.41, 5.74) is 5.12. The van der Waals surface area contributed by atoms with Gasteiger partial charge in [-0.05, 0) is 45.9 Å². The maximum absolute atomic E-state index is 6.43. The molecular weight excluding hydrogens is 432 g/mol. The van der Waals surface area contributed by atoms with Gasteiger partial charge in [0.25, 0.3) is 0 Å². The molecule has 2 aliphatic rings. The highest BCUT2D eigenvalue weighted by atomic mass is 16.5. The van der Waals surface area contributed by atoms with Crippen molar-refractivity contribution in [3.05, 3.63) is 70.8 Å². The predicted octanol–water partition coefficient (Wildman–Crippen LogP) is 8.01. The zero-order valence-electron chi connectivity index (χ0n) is 22.7. The summed E-state index contributed by atoms with van der Waals surface area (Å²) in [5, 5.41) is 0. The number of ether oxygens (including phenoxy) is 2. The van der Waals surface area contributed by atoms with Gasteiger partial charge in [0.1, 0.15) is 24.3 Å². The molecule has 0 amide bonds. The fourth-order valence-corrected chi connectivity index (χ4v) is 5.00. The van der Waals surface area contributed by atoms with Crippen molar-refractivity contribution < 1.29 is 9.47 Å². The van der Waals surface area contributed by atoms with Crippen molar-refractivity contribution >= 4 is 11.8 Å². The second kappa shape index (κ2) is 10.6. The molecule has 0 N–H and O–H groups in total. The third-order valence-corrected chi connectivity index (χ3v) is 7.19. The minimum absolute atomic E-state index is 0.00474. The van der Waals surface area contributed by atoms with Crippen molar-refractivity contribution in [3.63, 3.8) is 0 Å². The number of hydrogen-bond acceptors (Lipinski definition) is 4. The number of hydrogen-bond donors (Lipinski definition) is 0. The van der Waals surface area contributed by atoms with Crippen LogP contribution in [-0.2, 0) is 9.47 Å². The quantitative estimate of drug-likeness (QED) is 0.389. The Morgan fingerprint density at radius 2 is 1.03 bits per heavy atom. The van der Waals surface area contributed by atoms with Crippen LogP contribution in [0, 0.1) is 11.8 Å². The summed E-state index contributed by atoms with van der Waals surface area (Å²) in [5.74, 6) is 3.15. The molecule has 2 heterocycles. The van der Waals surface area contributed by atoms with Gasteiger partial charge < -0.3 is 9.47 Å². The van der Waals surface area contributed by atoms with E-state index in [0.29, 0.717) is 30.1 Å². The lowest BCUT2D eigenvalue weighted by atomic mass is 9.92. The molecule has 2 unspecified atom stereocenters. The highest BCUT2D eigenvalue weighted by molar-refractivity contribution is 5.98. The van der Waals surface area contributed by atoms with Gasteiger partial charge in [-0.1, -0.05) is 104 Å². The average Bonchev–Trinajstić information content (AvgIpc) is 3.44. The molecule has 4 rings (SSSR count). The van der Waals surface area contributed by atoms with Crippen molar-refractivity contribution in [2.75, 3.05) is 0 Å². The van der Waals surface area contributed by atoms with E-state index in [1.807, 2.05) is 0 Å². The molecule has 35 heavy (non-hydrogen) atoms. The van der Waals surface area contributed by atoms with Crippen LogP contribution in [0.15, 0.2) is 58.5 Å². The largest absolute Gasteiger partial charge is 0.474 e. The zero-order valence-corrected chi connectivity index (χ0v) is 22.7. The van der Waals surface area contributed by atoms with Crippen LogP contribution >= 0.6 is 0 Å². The molecule has 2 aromatic rings. The van der Waals surface area contributed by atoms with E-state index in [1.165, 1.54) is 22.3 Å². The van der Waals surface area contributed by atoms with Crippen LogP contribution in [0.2, 0.25) is 0 Å². The first kappa shape index (κ1) is 25.5. The van der Waals surface area contributed by atoms with E-state index in [9.17, 15) is 0 Å². The van der Waals surface area contributed by atoms with Crippen LogP contribution in [0.4, 0.5) is 0 Å². The Kier molecular flexibility index (Phi) is 7.68. The van der Waals surface area contributed by atoms with Crippen LogP contribution < -0.4 is 0 Å². The van der Waals surface area contributed by atoms with Crippen molar-refractivity contribution in [3.8, 4) is 0 Å². The Labute approximate surface area is 211 Å². The highest BCUT2D eigenvalue weighted by Crippen LogP contribution is 2.38. The van der Waals surface area contributed by atoms with E-state index in [4.69, 9.17) is 19.5 Å². The summed E-state index contributed by atoms with van der Waals surface area (Å²) in [4.78, 5) is 10.1. The summed E-state index contributed by atoms with van der Waals surface area (Å²) in [6.45, 7) is 17.7. The van der Waals surface area contributed by atoms with Crippen molar-refractivity contribution in [1.82, 2.24) is 0 Å². The van der Waals surface area contributed by atoms with E-state index < -0.39 is 0 Å². The molecule has 0 saturated heterocycles. The Morgan fingerprint density at radius 1 is 0.629 bits per heavy atom. The minimum atomic E-state index is 0.00474. The number of nitrogens with zero attached hydrogens (tertiary/aromatic N) is 2. The molecule has 0 aromatic heterocycles. The highest BCUT2D eigenvalue weighted by Gasteiger charge is 2.38. The first-order valence-corrected chi connectivity index (χ1v) is 13.3. The fourth-order valence-electron chi connectivity index (χ4n) is 5.00. The maximum Gasteiger partial charge on any atom is 0.193 e. The van der Waals surface area contributed by atoms with Crippen LogP contribution in [0.1, 0.15) is 108 Å². The molecule has 0 bridgehead atoms. The lowest BCUT2D eigenvalue weighted by Gasteiger charge is -2.22. The molecule has 4 heteroatoms. The third-order valence-electron chi connectivity index (χ3n) is 7.19. The van der Waals surface area contributed by atoms with Gasteiger partial charge in [0.15, 0.2) is 11.8 Å².